The van der Waals surface area contributed by atoms with Gasteiger partial charge in [0.15, 0.2) is 0 Å². The Bertz CT molecular complexity index is 325. The summed E-state index contributed by atoms with van der Waals surface area (Å²) in [4.78, 5) is 25.1. The molecule has 0 aromatic carbocycles. The van der Waals surface area contributed by atoms with E-state index >= 15 is 0 Å². The average Bonchev–Trinajstić information content (AvgIpc) is 2.25. The Morgan fingerprint density at radius 1 is 1.39 bits per heavy atom. The number of hydrogen-bond acceptors (Lipinski definition) is 4. The van der Waals surface area contributed by atoms with Crippen molar-refractivity contribution in [3.8, 4) is 0 Å². The molecule has 0 bridgehead atoms. The lowest BCUT2D eigenvalue weighted by molar-refractivity contribution is -0.142. The molecule has 1 fully saturated rings. The van der Waals surface area contributed by atoms with Gasteiger partial charge in [0.05, 0.1) is 11.8 Å². The highest BCUT2D eigenvalue weighted by Gasteiger charge is 2.38. The van der Waals surface area contributed by atoms with E-state index in [4.69, 9.17) is 10.9 Å². The number of rotatable bonds is 3. The Kier molecular flexibility index (Phi) is 4.70. The highest BCUT2D eigenvalue weighted by Crippen LogP contribution is 2.26. The van der Waals surface area contributed by atoms with Gasteiger partial charge in [-0.25, -0.2) is 5.48 Å². The van der Waals surface area contributed by atoms with Crippen LogP contribution in [-0.4, -0.2) is 41.6 Å². The van der Waals surface area contributed by atoms with Crippen molar-refractivity contribution < 1.29 is 14.8 Å². The van der Waals surface area contributed by atoms with Crippen LogP contribution >= 0.6 is 0 Å². The second-order valence-corrected chi connectivity index (χ2v) is 6.18. The molecule has 0 aromatic rings. The van der Waals surface area contributed by atoms with Crippen molar-refractivity contribution >= 4 is 11.8 Å². The molecule has 6 heteroatoms. The first kappa shape index (κ1) is 14.9. The zero-order chi connectivity index (χ0) is 13.9. The first-order valence-electron chi connectivity index (χ1n) is 6.20. The standard InChI is InChI=1S/C12H23N3O3/c1-12(2,3)7-15-5-4-8(10(13)16)9(6-15)11(17)14-18/h8-9,18H,4-7H2,1-3H3,(H2,13,16)(H,14,17). The minimum absolute atomic E-state index is 0.125. The van der Waals surface area contributed by atoms with Gasteiger partial charge in [0.2, 0.25) is 11.8 Å². The monoisotopic (exact) mass is 257 g/mol. The Labute approximate surface area is 107 Å². The van der Waals surface area contributed by atoms with Crippen molar-refractivity contribution in [2.75, 3.05) is 19.6 Å². The molecule has 0 aliphatic carbocycles. The van der Waals surface area contributed by atoms with E-state index in [0.717, 1.165) is 13.1 Å². The molecule has 2 unspecified atom stereocenters. The molecule has 2 amide bonds. The number of likely N-dealkylation sites (tertiary alicyclic amines) is 1. The molecule has 1 aliphatic rings. The van der Waals surface area contributed by atoms with Gasteiger partial charge < -0.3 is 10.6 Å². The number of amides is 2. The molecule has 0 saturated carbocycles. The number of nitrogens with zero attached hydrogens (tertiary/aromatic N) is 1. The van der Waals surface area contributed by atoms with Gasteiger partial charge in [-0.2, -0.15) is 0 Å². The van der Waals surface area contributed by atoms with Gasteiger partial charge in [-0.3, -0.25) is 14.8 Å². The second-order valence-electron chi connectivity index (χ2n) is 6.18. The van der Waals surface area contributed by atoms with Crippen LogP contribution in [-0.2, 0) is 9.59 Å². The summed E-state index contributed by atoms with van der Waals surface area (Å²) in [5.74, 6) is -2.06. The number of nitrogens with two attached hydrogens (primary N) is 1. The molecule has 1 heterocycles. The zero-order valence-electron chi connectivity index (χ0n) is 11.3. The number of hydroxylamine groups is 1. The van der Waals surface area contributed by atoms with Gasteiger partial charge in [0.25, 0.3) is 0 Å². The van der Waals surface area contributed by atoms with Crippen molar-refractivity contribution in [3.63, 3.8) is 0 Å². The maximum absolute atomic E-state index is 11.6. The second kappa shape index (κ2) is 5.67. The van der Waals surface area contributed by atoms with E-state index in [9.17, 15) is 9.59 Å². The number of primary amides is 1. The van der Waals surface area contributed by atoms with E-state index in [1.165, 1.54) is 0 Å². The molecular weight excluding hydrogens is 234 g/mol. The predicted octanol–water partition coefficient (Wildman–Crippen LogP) is -0.0387. The first-order chi connectivity index (χ1) is 8.24. The molecule has 1 aliphatic heterocycles. The van der Waals surface area contributed by atoms with Crippen molar-refractivity contribution in [1.82, 2.24) is 10.4 Å². The number of piperidine rings is 1. The lowest BCUT2D eigenvalue weighted by Gasteiger charge is -2.38. The highest BCUT2D eigenvalue weighted by molar-refractivity contribution is 5.86. The maximum atomic E-state index is 11.6. The minimum Gasteiger partial charge on any atom is -0.369 e. The number of nitrogens with one attached hydrogen (secondary N) is 1. The quantitative estimate of drug-likeness (QED) is 0.488. The van der Waals surface area contributed by atoms with Crippen molar-refractivity contribution in [1.29, 1.82) is 0 Å². The van der Waals surface area contributed by atoms with Crippen LogP contribution in [0.25, 0.3) is 0 Å². The smallest absolute Gasteiger partial charge is 0.248 e. The first-order valence-corrected chi connectivity index (χ1v) is 6.20. The fraction of sp³-hybridized carbons (Fsp3) is 0.833. The Hall–Kier alpha value is -1.14. The third-order valence-corrected chi connectivity index (χ3v) is 3.21. The summed E-state index contributed by atoms with van der Waals surface area (Å²) in [6.45, 7) is 8.40. The summed E-state index contributed by atoms with van der Waals surface area (Å²) in [6.07, 6.45) is 0.559. The number of carbonyl (C=O) groups excluding carboxylic acids is 2. The Morgan fingerprint density at radius 3 is 2.44 bits per heavy atom. The van der Waals surface area contributed by atoms with E-state index in [0.29, 0.717) is 13.0 Å². The van der Waals surface area contributed by atoms with E-state index in [-0.39, 0.29) is 5.41 Å². The molecule has 0 aromatic heterocycles. The largest absolute Gasteiger partial charge is 0.369 e. The topological polar surface area (TPSA) is 95.7 Å². The molecule has 104 valence electrons. The fourth-order valence-electron chi connectivity index (χ4n) is 2.52. The highest BCUT2D eigenvalue weighted by atomic mass is 16.5. The Morgan fingerprint density at radius 2 is 2.00 bits per heavy atom. The SMILES string of the molecule is CC(C)(C)CN1CCC(C(N)=O)C(C(=O)NO)C1. The summed E-state index contributed by atoms with van der Waals surface area (Å²) in [6, 6.07) is 0. The molecular formula is C12H23N3O3. The van der Waals surface area contributed by atoms with Gasteiger partial charge in [-0.1, -0.05) is 20.8 Å². The average molecular weight is 257 g/mol. The van der Waals surface area contributed by atoms with Crippen LogP contribution in [0.4, 0.5) is 0 Å². The molecule has 6 nitrogen and oxygen atoms in total. The summed E-state index contributed by atoms with van der Waals surface area (Å²) in [5.41, 5.74) is 7.06. The van der Waals surface area contributed by atoms with Gasteiger partial charge in [-0.15, -0.1) is 0 Å². The van der Waals surface area contributed by atoms with Gasteiger partial charge in [-0.05, 0) is 18.4 Å². The van der Waals surface area contributed by atoms with Gasteiger partial charge in [0, 0.05) is 13.1 Å². The van der Waals surface area contributed by atoms with Crippen LogP contribution in [0.15, 0.2) is 0 Å². The third kappa shape index (κ3) is 3.96. The van der Waals surface area contributed by atoms with Crippen LogP contribution in [0.5, 0.6) is 0 Å². The molecule has 1 saturated heterocycles. The molecule has 4 N–H and O–H groups in total. The molecule has 18 heavy (non-hydrogen) atoms. The van der Waals surface area contributed by atoms with E-state index in [2.05, 4.69) is 25.7 Å². The molecule has 2 atom stereocenters. The number of carbonyl (C=O) groups is 2. The van der Waals surface area contributed by atoms with Crippen molar-refractivity contribution in [3.05, 3.63) is 0 Å². The minimum atomic E-state index is -0.566. The lowest BCUT2D eigenvalue weighted by atomic mass is 9.83. The van der Waals surface area contributed by atoms with Crippen LogP contribution in [0, 0.1) is 17.3 Å². The predicted molar refractivity (Wildman–Crippen MR) is 66.6 cm³/mol. The normalized spacial score (nSPS) is 25.8. The summed E-state index contributed by atoms with van der Waals surface area (Å²) >= 11 is 0. The summed E-state index contributed by atoms with van der Waals surface area (Å²) in [5, 5.41) is 8.74. The summed E-state index contributed by atoms with van der Waals surface area (Å²) in [7, 11) is 0. The van der Waals surface area contributed by atoms with E-state index in [1.807, 2.05) is 0 Å². The van der Waals surface area contributed by atoms with Crippen LogP contribution < -0.4 is 11.2 Å². The molecule has 0 radical (unpaired) electrons. The fourth-order valence-corrected chi connectivity index (χ4v) is 2.52. The van der Waals surface area contributed by atoms with Gasteiger partial charge in [0.1, 0.15) is 0 Å². The third-order valence-electron chi connectivity index (χ3n) is 3.21. The molecule has 0 spiro atoms. The maximum Gasteiger partial charge on any atom is 0.248 e. The van der Waals surface area contributed by atoms with Crippen LogP contribution in [0.1, 0.15) is 27.2 Å². The van der Waals surface area contributed by atoms with Crippen LogP contribution in [0.3, 0.4) is 0 Å². The number of hydrogen-bond donors (Lipinski definition) is 3. The van der Waals surface area contributed by atoms with Crippen LogP contribution in [0.2, 0.25) is 0 Å². The van der Waals surface area contributed by atoms with Crippen molar-refractivity contribution in [2.24, 2.45) is 23.0 Å². The van der Waals surface area contributed by atoms with Gasteiger partial charge >= 0.3 is 0 Å². The summed E-state index contributed by atoms with van der Waals surface area (Å²) < 4.78 is 0. The zero-order valence-corrected chi connectivity index (χ0v) is 11.3. The van der Waals surface area contributed by atoms with Crippen molar-refractivity contribution in [2.45, 2.75) is 27.2 Å². The lowest BCUT2D eigenvalue weighted by Crippen LogP contribution is -2.52. The van der Waals surface area contributed by atoms with E-state index < -0.39 is 23.7 Å². The Balaban J connectivity index is 2.73. The molecule has 1 rings (SSSR count). The van der Waals surface area contributed by atoms with E-state index in [1.54, 1.807) is 5.48 Å².